The summed E-state index contributed by atoms with van der Waals surface area (Å²) in [6, 6.07) is 0. The van der Waals surface area contributed by atoms with Gasteiger partial charge in [0.25, 0.3) is 6.29 Å². The number of carbonyl (C=O) groups excluding carboxylic acids is 2. The Bertz CT molecular complexity index is 1700. The highest BCUT2D eigenvalue weighted by atomic mass is 16.7. The summed E-state index contributed by atoms with van der Waals surface area (Å²) in [5, 5.41) is 9.73. The van der Waals surface area contributed by atoms with Gasteiger partial charge in [0.05, 0.1) is 34.4 Å². The lowest BCUT2D eigenvalue weighted by Crippen LogP contribution is -2.40. The molecule has 0 bridgehead atoms. The largest absolute Gasteiger partial charge is 0.477 e. The van der Waals surface area contributed by atoms with Crippen LogP contribution in [0.15, 0.2) is 109 Å². The number of nitrogens with zero attached hydrogens (tertiary/aromatic N) is 1. The number of unbranched alkanes of at least 4 members (excludes halogenated alkanes) is 27. The third-order valence-corrected chi connectivity index (χ3v) is 14.0. The topological polar surface area (TPSA) is 108 Å². The molecule has 0 aliphatic rings. The van der Waals surface area contributed by atoms with Gasteiger partial charge >= 0.3 is 17.9 Å². The molecule has 1 N–H and O–H groups in total. The summed E-state index contributed by atoms with van der Waals surface area (Å²) in [6.45, 7) is 4.75. The van der Waals surface area contributed by atoms with Crippen LogP contribution < -0.4 is 0 Å². The average molecular weight is 1130 g/mol. The van der Waals surface area contributed by atoms with Gasteiger partial charge < -0.3 is 28.5 Å². The van der Waals surface area contributed by atoms with Gasteiger partial charge in [-0.3, -0.25) is 9.59 Å². The minimum absolute atomic E-state index is 0.184. The Morgan fingerprint density at radius 2 is 0.704 bits per heavy atom. The van der Waals surface area contributed by atoms with Crippen molar-refractivity contribution in [2.45, 2.75) is 283 Å². The normalized spacial score (nSPS) is 13.4. The molecule has 0 aromatic carbocycles. The predicted molar refractivity (Wildman–Crippen MR) is 345 cm³/mol. The number of esters is 2. The van der Waals surface area contributed by atoms with Gasteiger partial charge in [-0.25, -0.2) is 4.79 Å². The first-order valence-electron chi connectivity index (χ1n) is 33.1. The minimum Gasteiger partial charge on any atom is -0.477 e. The fraction of sp³-hybridized carbons (Fsp3) is 0.708. The first-order valence-corrected chi connectivity index (χ1v) is 33.1. The summed E-state index contributed by atoms with van der Waals surface area (Å²) in [4.78, 5) is 37.5. The van der Waals surface area contributed by atoms with E-state index in [-0.39, 0.29) is 32.2 Å². The Labute approximate surface area is 498 Å². The van der Waals surface area contributed by atoms with E-state index in [1.165, 1.54) is 154 Å². The highest BCUT2D eigenvalue weighted by Crippen LogP contribution is 2.16. The molecule has 2 atom stereocenters. The SMILES string of the molecule is CC/C=C\C/C=C\C/C=C\C/C=C\C/C=C\C/C=C\C/C=C\CCCCCCCCCCCCCCCCCC(=O)OC(COC(=O)CCCCCCCCCCC/C=C\C/C=C\CCCCC)COC(OCC[N+](C)(C)C)C(=O)O. The van der Waals surface area contributed by atoms with Gasteiger partial charge in [-0.2, -0.15) is 0 Å². The van der Waals surface area contributed by atoms with E-state index in [0.29, 0.717) is 17.4 Å². The molecule has 0 aliphatic heterocycles. The Morgan fingerprint density at radius 3 is 1.05 bits per heavy atom. The van der Waals surface area contributed by atoms with Crippen molar-refractivity contribution in [2.75, 3.05) is 47.5 Å². The van der Waals surface area contributed by atoms with E-state index in [9.17, 15) is 19.5 Å². The zero-order valence-electron chi connectivity index (χ0n) is 52.9. The number of hydrogen-bond donors (Lipinski definition) is 1. The number of aliphatic carboxylic acids is 1. The zero-order chi connectivity index (χ0) is 59.1. The lowest BCUT2D eigenvalue weighted by atomic mass is 10.0. The van der Waals surface area contributed by atoms with E-state index in [4.69, 9.17) is 18.9 Å². The lowest BCUT2D eigenvalue weighted by Gasteiger charge is -2.25. The molecule has 0 saturated heterocycles. The number of carboxylic acids is 1. The highest BCUT2D eigenvalue weighted by molar-refractivity contribution is 5.71. The van der Waals surface area contributed by atoms with Gasteiger partial charge in [-0.15, -0.1) is 0 Å². The molecule has 464 valence electrons. The molecule has 0 rings (SSSR count). The van der Waals surface area contributed by atoms with E-state index < -0.39 is 24.3 Å². The Kier molecular flexibility index (Phi) is 58.9. The van der Waals surface area contributed by atoms with Crippen LogP contribution in [0.3, 0.4) is 0 Å². The van der Waals surface area contributed by atoms with Crippen LogP contribution >= 0.6 is 0 Å². The van der Waals surface area contributed by atoms with Crippen LogP contribution in [0.5, 0.6) is 0 Å². The van der Waals surface area contributed by atoms with Crippen molar-refractivity contribution in [2.24, 2.45) is 0 Å². The molecule has 9 nitrogen and oxygen atoms in total. The monoisotopic (exact) mass is 1130 g/mol. The molecular weight excluding hydrogens is 1010 g/mol. The Hall–Kier alpha value is -4.05. The molecule has 0 amide bonds. The van der Waals surface area contributed by atoms with Gasteiger partial charge in [0, 0.05) is 12.8 Å². The summed E-state index contributed by atoms with van der Waals surface area (Å²) in [6.07, 6.45) is 83.3. The summed E-state index contributed by atoms with van der Waals surface area (Å²) in [5.74, 6) is -2.01. The molecule has 0 aromatic heterocycles. The van der Waals surface area contributed by atoms with Crippen LogP contribution in [-0.2, 0) is 33.3 Å². The molecule has 9 heteroatoms. The number of likely N-dealkylation sites (N-methyl/N-ethyl adjacent to an activating group) is 1. The van der Waals surface area contributed by atoms with Gasteiger partial charge in [-0.1, -0.05) is 264 Å². The smallest absolute Gasteiger partial charge is 0.361 e. The number of ether oxygens (including phenoxy) is 4. The number of carbonyl (C=O) groups is 3. The number of hydrogen-bond acceptors (Lipinski definition) is 7. The molecule has 0 fully saturated rings. The lowest BCUT2D eigenvalue weighted by molar-refractivity contribution is -0.870. The quantitative estimate of drug-likeness (QED) is 0.0211. The molecule has 81 heavy (non-hydrogen) atoms. The van der Waals surface area contributed by atoms with Gasteiger partial charge in [0.2, 0.25) is 0 Å². The maximum absolute atomic E-state index is 12.9. The standard InChI is InChI=1S/C72H123NO8/c1-6-8-10-12-14-16-18-20-22-24-26-27-28-29-30-31-32-33-34-35-36-37-38-39-40-41-42-43-45-47-49-51-53-55-57-59-61-63-70(75)81-68(67-80-72(71(76)77)78-65-64-73(3,4)5)66-79-69(74)62-60-58-56-54-52-50-48-46-44-25-23-21-19-17-15-13-11-9-7-2/h8,10,14-17,20-23,26-27,29-30,32-33,35-36,68,72H,6-7,9,11-13,18-19,24-25,28,31,34,37-67H2,1-5H3/p+1/b10-8-,16-14-,17-15-,22-20-,23-21-,27-26-,30-29-,33-32-,36-35-. The molecular formula is C72H124NO8+. The minimum atomic E-state index is -1.52. The van der Waals surface area contributed by atoms with Crippen LogP contribution in [0.2, 0.25) is 0 Å². The molecule has 0 saturated carbocycles. The molecule has 0 spiro atoms. The van der Waals surface area contributed by atoms with Gasteiger partial charge in [0.1, 0.15) is 13.2 Å². The van der Waals surface area contributed by atoms with Gasteiger partial charge in [-0.05, 0) is 103 Å². The van der Waals surface area contributed by atoms with Crippen molar-refractivity contribution in [1.29, 1.82) is 0 Å². The van der Waals surface area contributed by atoms with E-state index in [1.807, 2.05) is 21.1 Å². The van der Waals surface area contributed by atoms with Crippen LogP contribution in [0.4, 0.5) is 0 Å². The predicted octanol–water partition coefficient (Wildman–Crippen LogP) is 20.2. The average Bonchev–Trinajstić information content (AvgIpc) is 3.44. The second-order valence-corrected chi connectivity index (χ2v) is 23.0. The van der Waals surface area contributed by atoms with Crippen molar-refractivity contribution in [3.63, 3.8) is 0 Å². The van der Waals surface area contributed by atoms with Crippen molar-refractivity contribution < 1.29 is 42.9 Å². The summed E-state index contributed by atoms with van der Waals surface area (Å²) >= 11 is 0. The summed E-state index contributed by atoms with van der Waals surface area (Å²) < 4.78 is 22.9. The molecule has 0 heterocycles. The molecule has 2 unspecified atom stereocenters. The Balaban J connectivity index is 4.11. The van der Waals surface area contributed by atoms with Crippen LogP contribution in [0, 0.1) is 0 Å². The third kappa shape index (κ3) is 63.4. The zero-order valence-corrected chi connectivity index (χ0v) is 52.9. The van der Waals surface area contributed by atoms with Crippen LogP contribution in [-0.4, -0.2) is 87.4 Å². The molecule has 0 radical (unpaired) electrons. The summed E-state index contributed by atoms with van der Waals surface area (Å²) in [5.41, 5.74) is 0. The number of rotatable bonds is 60. The second kappa shape index (κ2) is 62.0. The highest BCUT2D eigenvalue weighted by Gasteiger charge is 2.25. The second-order valence-electron chi connectivity index (χ2n) is 23.0. The van der Waals surface area contributed by atoms with Crippen molar-refractivity contribution >= 4 is 17.9 Å². The third-order valence-electron chi connectivity index (χ3n) is 14.0. The van der Waals surface area contributed by atoms with Crippen LogP contribution in [0.1, 0.15) is 271 Å². The van der Waals surface area contributed by atoms with E-state index in [2.05, 4.69) is 123 Å². The van der Waals surface area contributed by atoms with Crippen molar-refractivity contribution in [1.82, 2.24) is 0 Å². The Morgan fingerprint density at radius 1 is 0.383 bits per heavy atom. The fourth-order valence-electron chi connectivity index (χ4n) is 8.97. The van der Waals surface area contributed by atoms with E-state index in [1.54, 1.807) is 0 Å². The van der Waals surface area contributed by atoms with Crippen molar-refractivity contribution in [3.8, 4) is 0 Å². The van der Waals surface area contributed by atoms with Gasteiger partial charge in [0.15, 0.2) is 6.10 Å². The molecule has 0 aromatic rings. The van der Waals surface area contributed by atoms with E-state index >= 15 is 0 Å². The maximum atomic E-state index is 12.9. The van der Waals surface area contributed by atoms with Crippen LogP contribution in [0.25, 0.3) is 0 Å². The number of carboxylic acid groups (broad SMARTS) is 1. The number of quaternary nitrogens is 1. The molecule has 0 aliphatic carbocycles. The van der Waals surface area contributed by atoms with Crippen molar-refractivity contribution in [3.05, 3.63) is 109 Å². The first kappa shape index (κ1) is 77.0. The number of allylic oxidation sites excluding steroid dienone is 18. The first-order chi connectivity index (χ1) is 39.6. The summed E-state index contributed by atoms with van der Waals surface area (Å²) in [7, 11) is 5.97. The maximum Gasteiger partial charge on any atom is 0.361 e. The fourth-order valence-corrected chi connectivity index (χ4v) is 8.97. The van der Waals surface area contributed by atoms with E-state index in [0.717, 1.165) is 89.9 Å².